The fourth-order valence-corrected chi connectivity index (χ4v) is 5.42. The fraction of sp³-hybridized carbons (Fsp3) is 0.438. The molecule has 1 aromatic heterocycles. The summed E-state index contributed by atoms with van der Waals surface area (Å²) in [5.41, 5.74) is 3.74. The number of anilines is 1. The predicted octanol–water partition coefficient (Wildman–Crippen LogP) is 4.34. The van der Waals surface area contributed by atoms with Gasteiger partial charge >= 0.3 is 0 Å². The summed E-state index contributed by atoms with van der Waals surface area (Å²) < 4.78 is 33.3. The van der Waals surface area contributed by atoms with Gasteiger partial charge in [-0.1, -0.05) is 31.2 Å². The van der Waals surface area contributed by atoms with E-state index in [1.54, 1.807) is 19.2 Å². The number of halogens is 2. The van der Waals surface area contributed by atoms with Crippen LogP contribution in [0.15, 0.2) is 54.6 Å². The Morgan fingerprint density at radius 1 is 1.12 bits per heavy atom. The fourth-order valence-electron chi connectivity index (χ4n) is 5.42. The van der Waals surface area contributed by atoms with Gasteiger partial charge in [0.1, 0.15) is 17.5 Å². The van der Waals surface area contributed by atoms with Crippen LogP contribution in [0.3, 0.4) is 0 Å². The first-order valence-corrected chi connectivity index (χ1v) is 14.2. The first-order valence-electron chi connectivity index (χ1n) is 14.2. The van der Waals surface area contributed by atoms with E-state index in [-0.39, 0.29) is 19.0 Å². The quantitative estimate of drug-likeness (QED) is 0.286. The number of nitrogens with one attached hydrogen (secondary N) is 2. The lowest BCUT2D eigenvalue weighted by molar-refractivity contribution is 0.0829. The molecule has 0 spiro atoms. The second-order valence-electron chi connectivity index (χ2n) is 10.7. The van der Waals surface area contributed by atoms with Gasteiger partial charge < -0.3 is 25.4 Å². The van der Waals surface area contributed by atoms with Crippen molar-refractivity contribution < 1.29 is 23.4 Å². The Kier molecular flexibility index (Phi) is 10.8. The molecule has 220 valence electrons. The average molecular weight is 567 g/mol. The largest absolute Gasteiger partial charge is 0.390 e. The number of nitrogens with zero attached hydrogens (tertiary/aromatic N) is 2. The van der Waals surface area contributed by atoms with Crippen LogP contribution in [0.25, 0.3) is 0 Å². The molecule has 0 saturated carbocycles. The van der Waals surface area contributed by atoms with E-state index in [0.29, 0.717) is 35.8 Å². The Morgan fingerprint density at radius 2 is 1.88 bits per heavy atom. The third kappa shape index (κ3) is 8.55. The van der Waals surface area contributed by atoms with E-state index < -0.39 is 29.7 Å². The van der Waals surface area contributed by atoms with Crippen molar-refractivity contribution in [3.63, 3.8) is 0 Å². The highest BCUT2D eigenvalue weighted by Crippen LogP contribution is 2.25. The number of aromatic nitrogens is 1. The lowest BCUT2D eigenvalue weighted by atomic mass is 10.00. The Balaban J connectivity index is 1.50. The van der Waals surface area contributed by atoms with E-state index in [0.717, 1.165) is 37.4 Å². The summed E-state index contributed by atoms with van der Waals surface area (Å²) >= 11 is 0. The zero-order valence-corrected chi connectivity index (χ0v) is 24.0. The van der Waals surface area contributed by atoms with E-state index >= 15 is 0 Å². The molecule has 9 heteroatoms. The van der Waals surface area contributed by atoms with Crippen molar-refractivity contribution in [1.29, 1.82) is 0 Å². The standard InChI is InChI=1S/C32H40F2N4O3/c1-4-22-7-5-8-23(12-22)18-35-19-30(39)29(15-24-13-26(33)17-27(34)14-24)37-32(40)25-11-21(2)36-31(16-25)38-10-6-9-28(38)20-41-3/h5,7-8,11-14,16-17,28-30,35,39H,4,6,9-10,15,18-20H2,1-3H3,(H,37,40)/t28-,29-,30-/m0/s1. The number of hydrogen-bond donors (Lipinski definition) is 3. The van der Waals surface area contributed by atoms with Gasteiger partial charge in [-0.25, -0.2) is 13.8 Å². The minimum absolute atomic E-state index is 0.0492. The molecule has 1 fully saturated rings. The van der Waals surface area contributed by atoms with Crippen LogP contribution in [0.5, 0.6) is 0 Å². The number of aryl methyl sites for hydroxylation is 2. The lowest BCUT2D eigenvalue weighted by Gasteiger charge is -2.27. The molecule has 2 aromatic carbocycles. The summed E-state index contributed by atoms with van der Waals surface area (Å²) in [5.74, 6) is -1.11. The minimum atomic E-state index is -1.02. The van der Waals surface area contributed by atoms with Crippen LogP contribution < -0.4 is 15.5 Å². The molecule has 1 aliphatic rings. The van der Waals surface area contributed by atoms with Gasteiger partial charge in [0.05, 0.1) is 24.8 Å². The third-order valence-corrected chi connectivity index (χ3v) is 7.47. The number of aliphatic hydroxyl groups is 1. The molecule has 4 rings (SSSR count). The van der Waals surface area contributed by atoms with Gasteiger partial charge in [-0.2, -0.15) is 0 Å². The van der Waals surface area contributed by atoms with Gasteiger partial charge in [-0.3, -0.25) is 4.79 Å². The van der Waals surface area contributed by atoms with Crippen molar-refractivity contribution in [2.75, 3.05) is 31.7 Å². The number of pyridine rings is 1. The van der Waals surface area contributed by atoms with Gasteiger partial charge in [-0.15, -0.1) is 0 Å². The van der Waals surface area contributed by atoms with Gasteiger partial charge in [0.25, 0.3) is 5.91 Å². The number of benzene rings is 2. The monoisotopic (exact) mass is 566 g/mol. The van der Waals surface area contributed by atoms with Gasteiger partial charge in [0.15, 0.2) is 0 Å². The van der Waals surface area contributed by atoms with E-state index in [2.05, 4.69) is 39.6 Å². The highest BCUT2D eigenvalue weighted by atomic mass is 19.1. The number of methoxy groups -OCH3 is 1. The number of amides is 1. The lowest BCUT2D eigenvalue weighted by Crippen LogP contribution is -2.48. The van der Waals surface area contributed by atoms with E-state index in [1.807, 2.05) is 19.1 Å². The molecule has 7 nitrogen and oxygen atoms in total. The molecule has 1 amide bonds. The zero-order chi connectivity index (χ0) is 29.4. The van der Waals surface area contributed by atoms with Crippen molar-refractivity contribution >= 4 is 11.7 Å². The Morgan fingerprint density at radius 3 is 2.61 bits per heavy atom. The summed E-state index contributed by atoms with van der Waals surface area (Å²) in [4.78, 5) is 20.3. The Bertz CT molecular complexity index is 1300. The number of ether oxygens (including phenoxy) is 1. The van der Waals surface area contributed by atoms with Gasteiger partial charge in [-0.05, 0) is 73.6 Å². The number of carbonyl (C=O) groups is 1. The molecule has 2 heterocycles. The molecule has 3 N–H and O–H groups in total. The molecule has 0 bridgehead atoms. The van der Waals surface area contributed by atoms with Crippen LogP contribution in [-0.2, 0) is 24.1 Å². The van der Waals surface area contributed by atoms with Crippen molar-refractivity contribution in [2.24, 2.45) is 0 Å². The number of aliphatic hydroxyl groups excluding tert-OH is 1. The summed E-state index contributed by atoms with van der Waals surface area (Å²) in [6, 6.07) is 14.3. The maximum Gasteiger partial charge on any atom is 0.251 e. The van der Waals surface area contributed by atoms with Crippen molar-refractivity contribution in [1.82, 2.24) is 15.6 Å². The van der Waals surface area contributed by atoms with E-state index in [4.69, 9.17) is 4.74 Å². The molecule has 0 radical (unpaired) electrons. The van der Waals surface area contributed by atoms with Crippen molar-refractivity contribution in [3.05, 3.63) is 94.2 Å². The van der Waals surface area contributed by atoms with Crippen LogP contribution in [-0.4, -0.2) is 61.0 Å². The maximum absolute atomic E-state index is 14.0. The smallest absolute Gasteiger partial charge is 0.251 e. The van der Waals surface area contributed by atoms with Crippen LogP contribution in [0.4, 0.5) is 14.6 Å². The second-order valence-corrected chi connectivity index (χ2v) is 10.7. The van der Waals surface area contributed by atoms with Crippen molar-refractivity contribution in [2.45, 2.75) is 64.3 Å². The third-order valence-electron chi connectivity index (χ3n) is 7.47. The van der Waals surface area contributed by atoms with Crippen molar-refractivity contribution in [3.8, 4) is 0 Å². The molecular formula is C32H40F2N4O3. The van der Waals surface area contributed by atoms with Crippen LogP contribution >= 0.6 is 0 Å². The second kappa shape index (κ2) is 14.5. The van der Waals surface area contributed by atoms with E-state index in [9.17, 15) is 18.7 Å². The number of carbonyl (C=O) groups excluding carboxylic acids is 1. The Labute approximate surface area is 240 Å². The average Bonchev–Trinajstić information content (AvgIpc) is 3.40. The SMILES string of the molecule is CCc1cccc(CNC[C@H](O)[C@H](Cc2cc(F)cc(F)c2)NC(=O)c2cc(C)nc(N3CCC[C@H]3COC)c2)c1. The van der Waals surface area contributed by atoms with Crippen LogP contribution in [0.1, 0.15) is 52.5 Å². The Hall–Kier alpha value is -3.40. The predicted molar refractivity (Wildman–Crippen MR) is 156 cm³/mol. The topological polar surface area (TPSA) is 86.7 Å². The normalized spacial score (nSPS) is 16.5. The summed E-state index contributed by atoms with van der Waals surface area (Å²) in [5, 5.41) is 17.3. The molecule has 0 unspecified atom stereocenters. The molecular weight excluding hydrogens is 526 g/mol. The van der Waals surface area contributed by atoms with Crippen LogP contribution in [0, 0.1) is 18.6 Å². The molecule has 0 aliphatic carbocycles. The molecule has 1 aliphatic heterocycles. The van der Waals surface area contributed by atoms with E-state index in [1.165, 1.54) is 17.7 Å². The van der Waals surface area contributed by atoms with Gasteiger partial charge in [0.2, 0.25) is 0 Å². The first kappa shape index (κ1) is 30.6. The van der Waals surface area contributed by atoms with Crippen LogP contribution in [0.2, 0.25) is 0 Å². The number of hydrogen-bond acceptors (Lipinski definition) is 6. The minimum Gasteiger partial charge on any atom is -0.390 e. The molecule has 1 saturated heterocycles. The molecule has 3 atom stereocenters. The zero-order valence-electron chi connectivity index (χ0n) is 24.0. The summed E-state index contributed by atoms with van der Waals surface area (Å²) in [6.07, 6.45) is 1.95. The highest BCUT2D eigenvalue weighted by molar-refractivity contribution is 5.95. The highest BCUT2D eigenvalue weighted by Gasteiger charge is 2.28. The van der Waals surface area contributed by atoms with Gasteiger partial charge in [0, 0.05) is 44.1 Å². The molecule has 3 aromatic rings. The maximum atomic E-state index is 14.0. The summed E-state index contributed by atoms with van der Waals surface area (Å²) in [7, 11) is 1.67. The first-order chi connectivity index (χ1) is 19.7. The summed E-state index contributed by atoms with van der Waals surface area (Å²) in [6.45, 7) is 6.03. The molecule has 41 heavy (non-hydrogen) atoms. The number of rotatable bonds is 13.